The summed E-state index contributed by atoms with van der Waals surface area (Å²) in [6, 6.07) is 3.34. The lowest BCUT2D eigenvalue weighted by atomic mass is 10.1. The Kier molecular flexibility index (Phi) is 4.88. The average molecular weight is 269 g/mol. The first-order valence-corrected chi connectivity index (χ1v) is 6.95. The van der Waals surface area contributed by atoms with Crippen LogP contribution in [-0.4, -0.2) is 29.6 Å². The van der Waals surface area contributed by atoms with Crippen LogP contribution >= 0.6 is 0 Å². The van der Waals surface area contributed by atoms with Gasteiger partial charge in [0.25, 0.3) is 0 Å². The van der Waals surface area contributed by atoms with E-state index in [0.29, 0.717) is 6.54 Å². The normalized spacial score (nSPS) is 16.9. The maximum atomic E-state index is 13.6. The van der Waals surface area contributed by atoms with Gasteiger partial charge in [0.1, 0.15) is 11.6 Å². The van der Waals surface area contributed by atoms with Crippen LogP contribution in [0.4, 0.5) is 8.78 Å². The number of nitrogens with zero attached hydrogens (tertiary/aromatic N) is 1. The third kappa shape index (κ3) is 4.25. The Morgan fingerprint density at radius 3 is 2.68 bits per heavy atom. The maximum absolute atomic E-state index is 13.6. The van der Waals surface area contributed by atoms with Crippen molar-refractivity contribution in [1.82, 2.24) is 4.90 Å². The topological polar surface area (TPSA) is 23.5 Å². The predicted molar refractivity (Wildman–Crippen MR) is 70.8 cm³/mol. The van der Waals surface area contributed by atoms with E-state index in [9.17, 15) is 13.9 Å². The quantitative estimate of drug-likeness (QED) is 0.822. The van der Waals surface area contributed by atoms with Crippen molar-refractivity contribution in [2.45, 2.75) is 32.3 Å². The van der Waals surface area contributed by atoms with Gasteiger partial charge in [0, 0.05) is 24.7 Å². The molecule has 0 heterocycles. The second kappa shape index (κ2) is 6.44. The Morgan fingerprint density at radius 2 is 2.11 bits per heavy atom. The molecule has 1 saturated carbocycles. The summed E-state index contributed by atoms with van der Waals surface area (Å²) in [5, 5.41) is 10.1. The Bertz CT molecular complexity index is 421. The first-order chi connectivity index (χ1) is 9.10. The largest absolute Gasteiger partial charge is 0.387 e. The molecule has 1 atom stereocenters. The molecule has 2 nitrogen and oxygen atoms in total. The van der Waals surface area contributed by atoms with Gasteiger partial charge in [-0.1, -0.05) is 13.0 Å². The third-order valence-electron chi connectivity index (χ3n) is 3.51. The van der Waals surface area contributed by atoms with Gasteiger partial charge in [0.05, 0.1) is 6.10 Å². The van der Waals surface area contributed by atoms with Crippen LogP contribution in [0.3, 0.4) is 0 Å². The van der Waals surface area contributed by atoms with E-state index in [0.717, 1.165) is 31.5 Å². The highest BCUT2D eigenvalue weighted by atomic mass is 19.1. The van der Waals surface area contributed by atoms with Gasteiger partial charge in [-0.05, 0) is 37.8 Å². The molecule has 0 spiro atoms. The molecular formula is C15H21F2NO. The number of hydrogen-bond acceptors (Lipinski definition) is 2. The first-order valence-electron chi connectivity index (χ1n) is 6.95. The maximum Gasteiger partial charge on any atom is 0.131 e. The lowest BCUT2D eigenvalue weighted by molar-refractivity contribution is 0.107. The molecule has 19 heavy (non-hydrogen) atoms. The summed E-state index contributed by atoms with van der Waals surface area (Å²) in [6.07, 6.45) is 2.61. The molecule has 1 aromatic rings. The summed E-state index contributed by atoms with van der Waals surface area (Å²) >= 11 is 0. The van der Waals surface area contributed by atoms with Crippen LogP contribution < -0.4 is 0 Å². The summed E-state index contributed by atoms with van der Waals surface area (Å²) in [7, 11) is 0. The minimum Gasteiger partial charge on any atom is -0.387 e. The lowest BCUT2D eigenvalue weighted by Gasteiger charge is -2.25. The summed E-state index contributed by atoms with van der Waals surface area (Å²) in [5.41, 5.74) is 0.179. The van der Waals surface area contributed by atoms with Crippen LogP contribution in [0.25, 0.3) is 0 Å². The van der Waals surface area contributed by atoms with E-state index >= 15 is 0 Å². The molecule has 1 aliphatic carbocycles. The van der Waals surface area contributed by atoms with E-state index in [4.69, 9.17) is 0 Å². The summed E-state index contributed by atoms with van der Waals surface area (Å²) in [6.45, 7) is 4.36. The fourth-order valence-corrected chi connectivity index (χ4v) is 2.35. The van der Waals surface area contributed by atoms with E-state index in [1.807, 2.05) is 0 Å². The van der Waals surface area contributed by atoms with Gasteiger partial charge < -0.3 is 10.0 Å². The SMILES string of the molecule is CCCN(CC1CC1)CC(O)c1ccc(F)cc1F. The zero-order chi connectivity index (χ0) is 13.8. The number of aliphatic hydroxyl groups is 1. The van der Waals surface area contributed by atoms with Crippen LogP contribution in [-0.2, 0) is 0 Å². The summed E-state index contributed by atoms with van der Waals surface area (Å²) in [4.78, 5) is 2.17. The molecule has 4 heteroatoms. The van der Waals surface area contributed by atoms with Crippen molar-refractivity contribution < 1.29 is 13.9 Å². The van der Waals surface area contributed by atoms with Crippen molar-refractivity contribution in [3.63, 3.8) is 0 Å². The van der Waals surface area contributed by atoms with Crippen molar-refractivity contribution in [2.75, 3.05) is 19.6 Å². The zero-order valence-corrected chi connectivity index (χ0v) is 11.3. The smallest absolute Gasteiger partial charge is 0.131 e. The van der Waals surface area contributed by atoms with Gasteiger partial charge in [0.15, 0.2) is 0 Å². The van der Waals surface area contributed by atoms with Gasteiger partial charge in [0.2, 0.25) is 0 Å². The summed E-state index contributed by atoms with van der Waals surface area (Å²) in [5.74, 6) is -0.552. The second-order valence-corrected chi connectivity index (χ2v) is 5.38. The summed E-state index contributed by atoms with van der Waals surface area (Å²) < 4.78 is 26.4. The Morgan fingerprint density at radius 1 is 1.37 bits per heavy atom. The molecule has 1 fully saturated rings. The average Bonchev–Trinajstić information content (AvgIpc) is 3.12. The predicted octanol–water partition coefficient (Wildman–Crippen LogP) is 3.12. The molecule has 0 saturated heterocycles. The van der Waals surface area contributed by atoms with Crippen molar-refractivity contribution in [2.24, 2.45) is 5.92 Å². The minimum atomic E-state index is -0.897. The minimum absolute atomic E-state index is 0.179. The molecule has 0 aliphatic heterocycles. The first kappa shape index (κ1) is 14.4. The number of hydrogen-bond donors (Lipinski definition) is 1. The molecule has 2 rings (SSSR count). The molecule has 0 radical (unpaired) electrons. The van der Waals surface area contributed by atoms with Gasteiger partial charge in [-0.3, -0.25) is 0 Å². The third-order valence-corrected chi connectivity index (χ3v) is 3.51. The number of benzene rings is 1. The molecular weight excluding hydrogens is 248 g/mol. The van der Waals surface area contributed by atoms with Crippen LogP contribution in [0.5, 0.6) is 0 Å². The Hall–Kier alpha value is -1.00. The molecule has 1 unspecified atom stereocenters. The molecule has 0 aromatic heterocycles. The van der Waals surface area contributed by atoms with Crippen LogP contribution in [0, 0.1) is 17.6 Å². The van der Waals surface area contributed by atoms with Crippen molar-refractivity contribution in [3.8, 4) is 0 Å². The molecule has 1 aliphatic rings. The molecule has 0 bridgehead atoms. The standard InChI is InChI=1S/C15H21F2NO/c1-2-7-18(9-11-3-4-11)10-15(19)13-6-5-12(16)8-14(13)17/h5-6,8,11,15,19H,2-4,7,9-10H2,1H3. The second-order valence-electron chi connectivity index (χ2n) is 5.38. The highest BCUT2D eigenvalue weighted by molar-refractivity contribution is 5.21. The highest BCUT2D eigenvalue weighted by Gasteiger charge is 2.25. The van der Waals surface area contributed by atoms with Crippen molar-refractivity contribution >= 4 is 0 Å². The monoisotopic (exact) mass is 269 g/mol. The molecule has 1 aromatic carbocycles. The van der Waals surface area contributed by atoms with E-state index < -0.39 is 17.7 Å². The number of aliphatic hydroxyl groups excluding tert-OH is 1. The van der Waals surface area contributed by atoms with E-state index in [2.05, 4.69) is 11.8 Å². The van der Waals surface area contributed by atoms with E-state index in [1.165, 1.54) is 25.0 Å². The van der Waals surface area contributed by atoms with Crippen LogP contribution in [0.1, 0.15) is 37.9 Å². The highest BCUT2D eigenvalue weighted by Crippen LogP contribution is 2.30. The van der Waals surface area contributed by atoms with E-state index in [-0.39, 0.29) is 5.56 Å². The van der Waals surface area contributed by atoms with Gasteiger partial charge in [-0.2, -0.15) is 0 Å². The van der Waals surface area contributed by atoms with Crippen molar-refractivity contribution in [1.29, 1.82) is 0 Å². The van der Waals surface area contributed by atoms with Crippen LogP contribution in [0.2, 0.25) is 0 Å². The number of halogens is 2. The van der Waals surface area contributed by atoms with Crippen molar-refractivity contribution in [3.05, 3.63) is 35.4 Å². The molecule has 106 valence electrons. The lowest BCUT2D eigenvalue weighted by Crippen LogP contribution is -2.31. The van der Waals surface area contributed by atoms with Crippen LogP contribution in [0.15, 0.2) is 18.2 Å². The molecule has 0 amide bonds. The van der Waals surface area contributed by atoms with E-state index in [1.54, 1.807) is 0 Å². The number of rotatable bonds is 7. The Labute approximate surface area is 113 Å². The van der Waals surface area contributed by atoms with Gasteiger partial charge in [-0.25, -0.2) is 8.78 Å². The Balaban J connectivity index is 1.98. The zero-order valence-electron chi connectivity index (χ0n) is 11.3. The fourth-order valence-electron chi connectivity index (χ4n) is 2.35. The van der Waals surface area contributed by atoms with Gasteiger partial charge in [-0.15, -0.1) is 0 Å². The van der Waals surface area contributed by atoms with Gasteiger partial charge >= 0.3 is 0 Å². The fraction of sp³-hybridized carbons (Fsp3) is 0.600. The molecule has 1 N–H and O–H groups in total.